The summed E-state index contributed by atoms with van der Waals surface area (Å²) in [5.41, 5.74) is 6.08. The quantitative estimate of drug-likeness (QED) is 0.472. The fourth-order valence-electron chi connectivity index (χ4n) is 1.39. The second-order valence-corrected chi connectivity index (χ2v) is 5.58. The molecule has 146 valence electrons. The van der Waals surface area contributed by atoms with E-state index in [2.05, 4.69) is 26.0 Å². The molecule has 0 aliphatic heterocycles. The zero-order valence-corrected chi connectivity index (χ0v) is 14.9. The van der Waals surface area contributed by atoms with E-state index in [0.717, 1.165) is 0 Å². The molecule has 12 heteroatoms. The number of hydrogen-bond acceptors (Lipinski definition) is 5. The fourth-order valence-corrected chi connectivity index (χ4v) is 1.77. The van der Waals surface area contributed by atoms with Gasteiger partial charge in [-0.25, -0.2) is 9.18 Å². The fraction of sp³-hybridized carbons (Fsp3) is 0.357. The van der Waals surface area contributed by atoms with Gasteiger partial charge in [-0.1, -0.05) is 0 Å². The predicted molar refractivity (Wildman–Crippen MR) is 85.6 cm³/mol. The van der Waals surface area contributed by atoms with Crippen molar-refractivity contribution in [2.75, 3.05) is 12.4 Å². The summed E-state index contributed by atoms with van der Waals surface area (Å²) < 4.78 is 49.4. The minimum Gasteiger partial charge on any atom is -0.475 e. The highest BCUT2D eigenvalue weighted by atomic mass is 79.9. The standard InChI is InChI=1S/C12H14BrFN2O3.C2HF3O2/c1-19-12(18)5-7(15)4-11(17)16-8-2-3-10(14)9(13)6-8;3-2(4,5)1(6)7/h2-3,6-7H,4-5,15H2,1H3,(H,16,17);(H,6,7)/t7-;/m0./s1. The van der Waals surface area contributed by atoms with Gasteiger partial charge < -0.3 is 20.9 Å². The number of alkyl halides is 3. The van der Waals surface area contributed by atoms with Gasteiger partial charge in [-0.2, -0.15) is 13.2 Å². The molecule has 0 radical (unpaired) electrons. The number of amides is 1. The molecule has 1 atom stereocenters. The summed E-state index contributed by atoms with van der Waals surface area (Å²) >= 11 is 3.02. The number of esters is 1. The van der Waals surface area contributed by atoms with Crippen LogP contribution in [0.4, 0.5) is 23.2 Å². The minimum absolute atomic E-state index is 0.0237. The molecule has 1 aromatic carbocycles. The van der Waals surface area contributed by atoms with Crippen molar-refractivity contribution in [1.29, 1.82) is 0 Å². The number of halogens is 5. The summed E-state index contributed by atoms with van der Waals surface area (Å²) in [6.07, 6.45) is -5.14. The Labute approximate surface area is 153 Å². The van der Waals surface area contributed by atoms with Gasteiger partial charge in [0.15, 0.2) is 0 Å². The first-order chi connectivity index (χ1) is 11.9. The van der Waals surface area contributed by atoms with Crippen LogP contribution in [-0.4, -0.2) is 42.3 Å². The summed E-state index contributed by atoms with van der Waals surface area (Å²) in [5, 5.41) is 9.69. The number of rotatable bonds is 5. The van der Waals surface area contributed by atoms with Crippen LogP contribution in [0.15, 0.2) is 22.7 Å². The SMILES string of the molecule is COC(=O)C[C@@H](N)CC(=O)Nc1ccc(F)c(Br)c1.O=C(O)C(F)(F)F. The highest BCUT2D eigenvalue weighted by Crippen LogP contribution is 2.20. The number of carboxylic acid groups (broad SMARTS) is 1. The Balaban J connectivity index is 0.000000758. The number of aliphatic carboxylic acids is 1. The first-order valence-corrected chi connectivity index (χ1v) is 7.53. The van der Waals surface area contributed by atoms with Crippen molar-refractivity contribution in [2.24, 2.45) is 5.73 Å². The Morgan fingerprint density at radius 1 is 1.31 bits per heavy atom. The van der Waals surface area contributed by atoms with E-state index >= 15 is 0 Å². The summed E-state index contributed by atoms with van der Waals surface area (Å²) in [4.78, 5) is 31.5. The summed E-state index contributed by atoms with van der Waals surface area (Å²) in [6, 6.07) is 3.49. The second-order valence-electron chi connectivity index (χ2n) is 4.72. The number of benzene rings is 1. The Hall–Kier alpha value is -2.21. The monoisotopic (exact) mass is 446 g/mol. The molecule has 26 heavy (non-hydrogen) atoms. The third kappa shape index (κ3) is 9.93. The molecule has 4 N–H and O–H groups in total. The number of hydrogen-bond donors (Lipinski definition) is 3. The van der Waals surface area contributed by atoms with Crippen molar-refractivity contribution in [1.82, 2.24) is 0 Å². The van der Waals surface area contributed by atoms with Crippen LogP contribution in [0.3, 0.4) is 0 Å². The number of methoxy groups -OCH3 is 1. The third-order valence-corrected chi connectivity index (χ3v) is 3.16. The minimum atomic E-state index is -5.08. The molecular formula is C14H15BrF4N2O5. The van der Waals surface area contributed by atoms with Crippen LogP contribution in [0.2, 0.25) is 0 Å². The lowest BCUT2D eigenvalue weighted by atomic mass is 10.1. The van der Waals surface area contributed by atoms with E-state index in [1.165, 1.54) is 25.3 Å². The Kier molecular flexibility index (Phi) is 9.80. The van der Waals surface area contributed by atoms with Crippen molar-refractivity contribution in [3.8, 4) is 0 Å². The first kappa shape index (κ1) is 23.8. The Morgan fingerprint density at radius 3 is 2.27 bits per heavy atom. The molecule has 0 aliphatic carbocycles. The normalized spacial score (nSPS) is 11.7. The maximum atomic E-state index is 13.0. The zero-order valence-electron chi connectivity index (χ0n) is 13.3. The zero-order chi connectivity index (χ0) is 20.5. The maximum absolute atomic E-state index is 13.0. The van der Waals surface area contributed by atoms with Gasteiger partial charge in [-0.15, -0.1) is 0 Å². The number of ether oxygens (including phenoxy) is 1. The molecule has 0 aromatic heterocycles. The van der Waals surface area contributed by atoms with Gasteiger partial charge in [0, 0.05) is 18.2 Å². The van der Waals surface area contributed by atoms with Crippen molar-refractivity contribution in [2.45, 2.75) is 25.1 Å². The molecule has 1 aromatic rings. The van der Waals surface area contributed by atoms with Gasteiger partial charge >= 0.3 is 18.1 Å². The lowest BCUT2D eigenvalue weighted by Crippen LogP contribution is -2.29. The average molecular weight is 447 g/mol. The van der Waals surface area contributed by atoms with E-state index in [1.54, 1.807) is 0 Å². The molecule has 1 amide bonds. The molecule has 0 heterocycles. The van der Waals surface area contributed by atoms with Crippen molar-refractivity contribution < 1.29 is 41.8 Å². The summed E-state index contributed by atoms with van der Waals surface area (Å²) in [5.74, 6) is -3.99. The second kappa shape index (κ2) is 10.7. The van der Waals surface area contributed by atoms with E-state index in [9.17, 15) is 27.2 Å². The van der Waals surface area contributed by atoms with Crippen LogP contribution in [0.25, 0.3) is 0 Å². The van der Waals surface area contributed by atoms with Gasteiger partial charge in [0.25, 0.3) is 0 Å². The molecule has 0 saturated heterocycles. The first-order valence-electron chi connectivity index (χ1n) is 6.74. The molecule has 1 rings (SSSR count). The smallest absolute Gasteiger partial charge is 0.475 e. The topological polar surface area (TPSA) is 119 Å². The number of nitrogens with two attached hydrogens (primary N) is 1. The molecular weight excluding hydrogens is 432 g/mol. The van der Waals surface area contributed by atoms with Crippen LogP contribution in [-0.2, 0) is 19.1 Å². The average Bonchev–Trinajstić information content (AvgIpc) is 2.50. The number of carbonyl (C=O) groups excluding carboxylic acids is 2. The van der Waals surface area contributed by atoms with Crippen LogP contribution < -0.4 is 11.1 Å². The van der Waals surface area contributed by atoms with Crippen molar-refractivity contribution in [3.63, 3.8) is 0 Å². The summed E-state index contributed by atoms with van der Waals surface area (Å²) in [7, 11) is 1.26. The Bertz CT molecular complexity index is 655. The van der Waals surface area contributed by atoms with Crippen LogP contribution in [0.5, 0.6) is 0 Å². The van der Waals surface area contributed by atoms with Crippen LogP contribution in [0, 0.1) is 5.82 Å². The van der Waals surface area contributed by atoms with E-state index in [0.29, 0.717) is 5.69 Å². The van der Waals surface area contributed by atoms with E-state index in [4.69, 9.17) is 15.6 Å². The third-order valence-electron chi connectivity index (χ3n) is 2.55. The number of carboxylic acids is 1. The number of anilines is 1. The molecule has 0 bridgehead atoms. The number of nitrogens with one attached hydrogen (secondary N) is 1. The largest absolute Gasteiger partial charge is 0.490 e. The van der Waals surface area contributed by atoms with Crippen molar-refractivity contribution >= 4 is 39.5 Å². The summed E-state index contributed by atoms with van der Waals surface area (Å²) in [6.45, 7) is 0. The van der Waals surface area contributed by atoms with Crippen LogP contribution in [0.1, 0.15) is 12.8 Å². The predicted octanol–water partition coefficient (Wildman–Crippen LogP) is 2.44. The van der Waals surface area contributed by atoms with E-state index < -0.39 is 30.0 Å². The van der Waals surface area contributed by atoms with Gasteiger partial charge in [0.05, 0.1) is 18.0 Å². The van der Waals surface area contributed by atoms with Gasteiger partial charge in [-0.05, 0) is 34.1 Å². The highest BCUT2D eigenvalue weighted by Gasteiger charge is 2.38. The molecule has 0 spiro atoms. The lowest BCUT2D eigenvalue weighted by Gasteiger charge is -2.10. The molecule has 0 aliphatic rings. The van der Waals surface area contributed by atoms with E-state index in [1.807, 2.05) is 0 Å². The Morgan fingerprint density at radius 2 is 1.85 bits per heavy atom. The van der Waals surface area contributed by atoms with Crippen LogP contribution >= 0.6 is 15.9 Å². The van der Waals surface area contributed by atoms with Gasteiger partial charge in [-0.3, -0.25) is 9.59 Å². The van der Waals surface area contributed by atoms with Gasteiger partial charge in [0.2, 0.25) is 5.91 Å². The lowest BCUT2D eigenvalue weighted by molar-refractivity contribution is -0.192. The molecule has 0 saturated carbocycles. The van der Waals surface area contributed by atoms with Crippen molar-refractivity contribution in [3.05, 3.63) is 28.5 Å². The molecule has 0 unspecified atom stereocenters. The number of carbonyl (C=O) groups is 3. The van der Waals surface area contributed by atoms with E-state index in [-0.39, 0.29) is 23.2 Å². The molecule has 7 nitrogen and oxygen atoms in total. The highest BCUT2D eigenvalue weighted by molar-refractivity contribution is 9.10. The molecule has 0 fully saturated rings. The maximum Gasteiger partial charge on any atom is 0.490 e. The van der Waals surface area contributed by atoms with Gasteiger partial charge in [0.1, 0.15) is 5.82 Å².